The van der Waals surface area contributed by atoms with Crippen LogP contribution >= 0.6 is 0 Å². The van der Waals surface area contributed by atoms with E-state index < -0.39 is 17.5 Å². The molecular weight excluding hydrogens is 308 g/mol. The van der Waals surface area contributed by atoms with Crippen molar-refractivity contribution in [2.75, 3.05) is 18.0 Å². The number of aromatic nitrogens is 1. The second-order valence-corrected chi connectivity index (χ2v) is 4.85. The molecule has 122 valence electrons. The van der Waals surface area contributed by atoms with Crippen molar-refractivity contribution >= 4 is 17.6 Å². The molecule has 1 heterocycles. The fourth-order valence-corrected chi connectivity index (χ4v) is 1.93. The Morgan fingerprint density at radius 1 is 1.26 bits per heavy atom. The summed E-state index contributed by atoms with van der Waals surface area (Å²) >= 11 is 0. The Hall–Kier alpha value is -2.77. The Morgan fingerprint density at radius 2 is 2.00 bits per heavy atom. The Morgan fingerprint density at radius 3 is 2.57 bits per heavy atom. The highest BCUT2D eigenvalue weighted by atomic mass is 19.2. The van der Waals surface area contributed by atoms with Crippen molar-refractivity contribution in [2.24, 2.45) is 0 Å². The third-order valence-electron chi connectivity index (χ3n) is 3.07. The summed E-state index contributed by atoms with van der Waals surface area (Å²) in [5, 5.41) is 6.27. The van der Waals surface area contributed by atoms with E-state index in [0.29, 0.717) is 11.6 Å². The predicted molar refractivity (Wildman–Crippen MR) is 78.0 cm³/mol. The van der Waals surface area contributed by atoms with E-state index in [2.05, 4.69) is 10.5 Å². The molecular formula is C15H15F2N3O3. The summed E-state index contributed by atoms with van der Waals surface area (Å²) in [6.45, 7) is 3.33. The smallest absolute Gasteiger partial charge is 0.251 e. The molecule has 0 spiro atoms. The lowest BCUT2D eigenvalue weighted by molar-refractivity contribution is -0.116. The van der Waals surface area contributed by atoms with E-state index in [4.69, 9.17) is 4.52 Å². The van der Waals surface area contributed by atoms with Crippen molar-refractivity contribution in [3.63, 3.8) is 0 Å². The third kappa shape index (κ3) is 4.12. The van der Waals surface area contributed by atoms with Crippen molar-refractivity contribution in [3.05, 3.63) is 47.2 Å². The highest BCUT2D eigenvalue weighted by Gasteiger charge is 2.16. The molecule has 2 amide bonds. The highest BCUT2D eigenvalue weighted by Crippen LogP contribution is 2.13. The summed E-state index contributed by atoms with van der Waals surface area (Å²) in [6.07, 6.45) is 0. The molecule has 1 aromatic heterocycles. The van der Waals surface area contributed by atoms with Gasteiger partial charge in [-0.2, -0.15) is 0 Å². The molecule has 2 aromatic rings. The number of carbonyl (C=O) groups is 2. The van der Waals surface area contributed by atoms with Crippen LogP contribution < -0.4 is 10.2 Å². The molecule has 0 atom stereocenters. The second-order valence-electron chi connectivity index (χ2n) is 4.85. The first-order chi connectivity index (χ1) is 10.9. The number of hydrogen-bond acceptors (Lipinski definition) is 4. The summed E-state index contributed by atoms with van der Waals surface area (Å²) in [4.78, 5) is 24.8. The molecule has 0 radical (unpaired) electrons. The van der Waals surface area contributed by atoms with Crippen LogP contribution in [0.25, 0.3) is 0 Å². The van der Waals surface area contributed by atoms with E-state index in [1.807, 2.05) is 0 Å². The van der Waals surface area contributed by atoms with Crippen LogP contribution in [0.1, 0.15) is 23.0 Å². The number of benzene rings is 1. The number of halogens is 2. The zero-order chi connectivity index (χ0) is 17.0. The molecule has 1 N–H and O–H groups in total. The molecule has 0 fully saturated rings. The van der Waals surface area contributed by atoms with Crippen LogP contribution in [0.3, 0.4) is 0 Å². The fraction of sp³-hybridized carbons (Fsp3) is 0.267. The molecule has 0 saturated heterocycles. The molecule has 23 heavy (non-hydrogen) atoms. The Kier molecular flexibility index (Phi) is 5.05. The molecule has 0 bridgehead atoms. The van der Waals surface area contributed by atoms with Gasteiger partial charge in [0.1, 0.15) is 5.76 Å². The second kappa shape index (κ2) is 6.99. The van der Waals surface area contributed by atoms with Gasteiger partial charge in [0.05, 0.1) is 0 Å². The Bertz CT molecular complexity index is 731. The normalized spacial score (nSPS) is 10.4. The van der Waals surface area contributed by atoms with E-state index in [0.717, 1.165) is 12.1 Å². The van der Waals surface area contributed by atoms with Crippen LogP contribution in [0.15, 0.2) is 28.8 Å². The molecule has 0 aliphatic rings. The van der Waals surface area contributed by atoms with Gasteiger partial charge in [-0.25, -0.2) is 8.78 Å². The van der Waals surface area contributed by atoms with Gasteiger partial charge >= 0.3 is 0 Å². The lowest BCUT2D eigenvalue weighted by atomic mass is 10.2. The average molecular weight is 323 g/mol. The van der Waals surface area contributed by atoms with Crippen molar-refractivity contribution in [1.29, 1.82) is 0 Å². The number of anilines is 1. The lowest BCUT2D eigenvalue weighted by Crippen LogP contribution is -2.37. The molecule has 0 aliphatic carbocycles. The van der Waals surface area contributed by atoms with Crippen molar-refractivity contribution in [1.82, 2.24) is 10.5 Å². The topological polar surface area (TPSA) is 75.4 Å². The number of rotatable bonds is 5. The van der Waals surface area contributed by atoms with E-state index in [-0.39, 0.29) is 24.6 Å². The van der Waals surface area contributed by atoms with Gasteiger partial charge in [0, 0.05) is 31.6 Å². The molecule has 1 aromatic carbocycles. The number of nitrogens with one attached hydrogen (secondary N) is 1. The van der Waals surface area contributed by atoms with E-state index in [1.165, 1.54) is 17.9 Å². The maximum atomic E-state index is 13.1. The number of aryl methyl sites for hydroxylation is 1. The molecule has 8 heteroatoms. The number of nitrogens with zero attached hydrogens (tertiary/aromatic N) is 2. The molecule has 0 unspecified atom stereocenters. The van der Waals surface area contributed by atoms with E-state index in [1.54, 1.807) is 13.0 Å². The molecule has 2 rings (SSSR count). The van der Waals surface area contributed by atoms with Crippen molar-refractivity contribution in [2.45, 2.75) is 13.8 Å². The first kappa shape index (κ1) is 16.6. The monoisotopic (exact) mass is 323 g/mol. The van der Waals surface area contributed by atoms with Gasteiger partial charge in [-0.05, 0) is 25.1 Å². The Labute approximate surface area is 131 Å². The van der Waals surface area contributed by atoms with Crippen LogP contribution in [0.2, 0.25) is 0 Å². The largest absolute Gasteiger partial charge is 0.360 e. The fourth-order valence-electron chi connectivity index (χ4n) is 1.93. The first-order valence-electron chi connectivity index (χ1n) is 6.83. The predicted octanol–water partition coefficient (Wildman–Crippen LogP) is 2.04. The Balaban J connectivity index is 1.95. The van der Waals surface area contributed by atoms with E-state index in [9.17, 15) is 18.4 Å². The van der Waals surface area contributed by atoms with Crippen LogP contribution in [-0.4, -0.2) is 30.1 Å². The van der Waals surface area contributed by atoms with Gasteiger partial charge in [0.15, 0.2) is 17.5 Å². The summed E-state index contributed by atoms with van der Waals surface area (Å²) < 4.78 is 30.8. The van der Waals surface area contributed by atoms with Gasteiger partial charge in [-0.1, -0.05) is 5.16 Å². The molecule has 6 nitrogen and oxygen atoms in total. The van der Waals surface area contributed by atoms with Crippen LogP contribution in [0.4, 0.5) is 14.6 Å². The minimum absolute atomic E-state index is 0.00412. The van der Waals surface area contributed by atoms with Gasteiger partial charge in [-0.15, -0.1) is 0 Å². The van der Waals surface area contributed by atoms with Gasteiger partial charge < -0.3 is 9.84 Å². The SMILES string of the molecule is CC(=O)N(CCNC(=O)c1ccc(F)c(F)c1)c1cc(C)on1. The van der Waals surface area contributed by atoms with Gasteiger partial charge in [0.25, 0.3) is 5.91 Å². The standard InChI is InChI=1S/C15H15F2N3O3/c1-9-7-14(19-23-9)20(10(2)21)6-5-18-15(22)11-3-4-12(16)13(17)8-11/h3-4,7-8H,5-6H2,1-2H3,(H,18,22). The van der Waals surface area contributed by atoms with E-state index >= 15 is 0 Å². The summed E-state index contributed by atoms with van der Waals surface area (Å²) in [6, 6.07) is 4.47. The summed E-state index contributed by atoms with van der Waals surface area (Å²) in [5.74, 6) is -2.05. The van der Waals surface area contributed by atoms with Crippen molar-refractivity contribution in [3.8, 4) is 0 Å². The number of carbonyl (C=O) groups excluding carboxylic acids is 2. The lowest BCUT2D eigenvalue weighted by Gasteiger charge is -2.17. The highest BCUT2D eigenvalue weighted by molar-refractivity contribution is 5.94. The molecule has 0 aliphatic heterocycles. The van der Waals surface area contributed by atoms with Crippen LogP contribution in [0.5, 0.6) is 0 Å². The maximum absolute atomic E-state index is 13.1. The van der Waals surface area contributed by atoms with Crippen LogP contribution in [0, 0.1) is 18.6 Å². The van der Waals surface area contributed by atoms with Gasteiger partial charge in [-0.3, -0.25) is 14.5 Å². The minimum atomic E-state index is -1.10. The minimum Gasteiger partial charge on any atom is -0.360 e. The van der Waals surface area contributed by atoms with Gasteiger partial charge in [0.2, 0.25) is 5.91 Å². The number of amides is 2. The van der Waals surface area contributed by atoms with Crippen LogP contribution in [-0.2, 0) is 4.79 Å². The third-order valence-corrected chi connectivity index (χ3v) is 3.07. The maximum Gasteiger partial charge on any atom is 0.251 e. The molecule has 0 saturated carbocycles. The van der Waals surface area contributed by atoms with Crippen molar-refractivity contribution < 1.29 is 22.9 Å². The zero-order valence-electron chi connectivity index (χ0n) is 12.6. The first-order valence-corrected chi connectivity index (χ1v) is 6.83. The summed E-state index contributed by atoms with van der Waals surface area (Å²) in [5.41, 5.74) is -0.00412. The average Bonchev–Trinajstić information content (AvgIpc) is 2.92. The quantitative estimate of drug-likeness (QED) is 0.914. The zero-order valence-corrected chi connectivity index (χ0v) is 12.6. The summed E-state index contributed by atoms with van der Waals surface area (Å²) in [7, 11) is 0. The number of hydrogen-bond donors (Lipinski definition) is 1.